The number of anilines is 1. The fourth-order valence-electron chi connectivity index (χ4n) is 2.54. The molecule has 2 atom stereocenters. The lowest BCUT2D eigenvalue weighted by atomic mass is 10.1. The van der Waals surface area contributed by atoms with Crippen LogP contribution in [0.5, 0.6) is 0 Å². The summed E-state index contributed by atoms with van der Waals surface area (Å²) in [5, 5.41) is 22.5. The molecule has 0 saturated carbocycles. The number of hydrogen-bond donors (Lipinski definition) is 2. The first kappa shape index (κ1) is 19.2. The quantitative estimate of drug-likeness (QED) is 0.555. The monoisotopic (exact) mass is 402 g/mol. The number of nitrogens with one attached hydrogen (secondary N) is 1. The van der Waals surface area contributed by atoms with E-state index in [-0.39, 0.29) is 5.89 Å². The van der Waals surface area contributed by atoms with Gasteiger partial charge < -0.3 is 14.8 Å². The molecule has 3 rings (SSSR count). The minimum absolute atomic E-state index is 0.236. The zero-order valence-corrected chi connectivity index (χ0v) is 16.1. The normalized spacial score (nSPS) is 13.0. The number of aliphatic hydroxyl groups excluding tert-OH is 1. The number of benzene rings is 2. The third kappa shape index (κ3) is 4.06. The summed E-state index contributed by atoms with van der Waals surface area (Å²) in [5.74, 6) is 0.562. The van der Waals surface area contributed by atoms with Crippen LogP contribution >= 0.6 is 23.2 Å². The lowest BCUT2D eigenvalue weighted by Crippen LogP contribution is -2.23. The van der Waals surface area contributed by atoms with Gasteiger partial charge in [0.25, 0.3) is 0 Å². The van der Waals surface area contributed by atoms with Gasteiger partial charge >= 0.3 is 0 Å². The van der Waals surface area contributed by atoms with Crippen molar-refractivity contribution in [2.45, 2.75) is 26.0 Å². The smallest absolute Gasteiger partial charge is 0.247 e. The van der Waals surface area contributed by atoms with Gasteiger partial charge in [-0.25, -0.2) is 4.85 Å². The first-order chi connectivity index (χ1) is 12.9. The first-order valence-corrected chi connectivity index (χ1v) is 8.86. The van der Waals surface area contributed by atoms with Crippen LogP contribution in [0, 0.1) is 13.5 Å². The van der Waals surface area contributed by atoms with Crippen LogP contribution in [0.15, 0.2) is 40.8 Å². The molecule has 0 amide bonds. The molecule has 0 unspecified atom stereocenters. The van der Waals surface area contributed by atoms with Gasteiger partial charge in [-0.15, -0.1) is 10.2 Å². The molecule has 1 aromatic heterocycles. The Morgan fingerprint density at radius 1 is 1.15 bits per heavy atom. The standard InChI is InChI=1S/C19H16Cl2N4O2/c1-10-14(8-9-15(22-3)16(10)21)23-17(11(2)26)19-25-24-18(27-19)12-4-6-13(20)7-5-12/h4-9,11,17,23,26H,1-2H3/t11-,17+/m0/s1. The predicted octanol–water partition coefficient (Wildman–Crippen LogP) is 5.44. The van der Waals surface area contributed by atoms with Crippen molar-refractivity contribution in [1.29, 1.82) is 0 Å². The van der Waals surface area contributed by atoms with Gasteiger partial charge in [0.15, 0.2) is 0 Å². The predicted molar refractivity (Wildman–Crippen MR) is 105 cm³/mol. The minimum atomic E-state index is -0.817. The maximum atomic E-state index is 10.2. The van der Waals surface area contributed by atoms with Gasteiger partial charge in [0.1, 0.15) is 6.04 Å². The number of hydrogen-bond acceptors (Lipinski definition) is 5. The highest BCUT2D eigenvalue weighted by Gasteiger charge is 2.25. The van der Waals surface area contributed by atoms with E-state index in [1.165, 1.54) is 0 Å². The van der Waals surface area contributed by atoms with E-state index in [0.717, 1.165) is 5.56 Å². The summed E-state index contributed by atoms with van der Waals surface area (Å²) in [5.41, 5.74) is 2.47. The molecule has 0 spiro atoms. The van der Waals surface area contributed by atoms with Crippen LogP contribution in [0.3, 0.4) is 0 Å². The van der Waals surface area contributed by atoms with Crippen molar-refractivity contribution in [1.82, 2.24) is 10.2 Å². The number of halogens is 2. The minimum Gasteiger partial charge on any atom is -0.418 e. The maximum Gasteiger partial charge on any atom is 0.247 e. The SMILES string of the molecule is [C-]#[N+]c1ccc(N[C@@H](c2nnc(-c3ccc(Cl)cc3)o2)[C@H](C)O)c(C)c1Cl. The molecule has 2 N–H and O–H groups in total. The van der Waals surface area contributed by atoms with Crippen LogP contribution in [0.1, 0.15) is 24.4 Å². The van der Waals surface area contributed by atoms with Crippen molar-refractivity contribution < 1.29 is 9.52 Å². The summed E-state index contributed by atoms with van der Waals surface area (Å²) in [6.07, 6.45) is -0.817. The lowest BCUT2D eigenvalue weighted by Gasteiger charge is -2.21. The van der Waals surface area contributed by atoms with Crippen molar-refractivity contribution in [2.24, 2.45) is 0 Å². The van der Waals surface area contributed by atoms with Gasteiger partial charge in [0, 0.05) is 16.3 Å². The fraction of sp³-hybridized carbons (Fsp3) is 0.211. The van der Waals surface area contributed by atoms with Gasteiger partial charge in [0.05, 0.1) is 17.7 Å². The topological polar surface area (TPSA) is 75.5 Å². The molecule has 0 radical (unpaired) electrons. The molecule has 0 aliphatic carbocycles. The van der Waals surface area contributed by atoms with E-state index in [4.69, 9.17) is 34.2 Å². The molecule has 3 aromatic rings. The Bertz CT molecular complexity index is 994. The maximum absolute atomic E-state index is 10.2. The highest BCUT2D eigenvalue weighted by atomic mass is 35.5. The Morgan fingerprint density at radius 3 is 2.48 bits per heavy atom. The van der Waals surface area contributed by atoms with Crippen molar-refractivity contribution in [3.05, 3.63) is 69.3 Å². The fourth-order valence-corrected chi connectivity index (χ4v) is 2.87. The van der Waals surface area contributed by atoms with Gasteiger partial charge in [-0.3, -0.25) is 0 Å². The second-order valence-electron chi connectivity index (χ2n) is 6.00. The molecule has 0 bridgehead atoms. The Balaban J connectivity index is 1.90. The molecule has 0 aliphatic rings. The van der Waals surface area contributed by atoms with Gasteiger partial charge in [-0.05, 0) is 49.7 Å². The highest BCUT2D eigenvalue weighted by molar-refractivity contribution is 6.34. The Kier molecular flexibility index (Phi) is 5.66. The van der Waals surface area contributed by atoms with Crippen molar-refractivity contribution >= 4 is 34.6 Å². The molecule has 0 saturated heterocycles. The van der Waals surface area contributed by atoms with Crippen molar-refractivity contribution in [3.63, 3.8) is 0 Å². The molecule has 0 fully saturated rings. The molecule has 0 aliphatic heterocycles. The Morgan fingerprint density at radius 2 is 1.85 bits per heavy atom. The molecule has 1 heterocycles. The van der Waals surface area contributed by atoms with E-state index in [9.17, 15) is 5.11 Å². The molecule has 8 heteroatoms. The number of aliphatic hydroxyl groups is 1. The van der Waals surface area contributed by atoms with Crippen LogP contribution in [0.4, 0.5) is 11.4 Å². The molecule has 6 nitrogen and oxygen atoms in total. The van der Waals surface area contributed by atoms with Gasteiger partial charge in [-0.2, -0.15) is 0 Å². The van der Waals surface area contributed by atoms with Crippen LogP contribution in [0.25, 0.3) is 16.3 Å². The van der Waals surface area contributed by atoms with Crippen molar-refractivity contribution in [2.75, 3.05) is 5.32 Å². The zero-order chi connectivity index (χ0) is 19.6. The largest absolute Gasteiger partial charge is 0.418 e. The molecule has 27 heavy (non-hydrogen) atoms. The Labute approximate surface area is 166 Å². The van der Waals surface area contributed by atoms with E-state index in [2.05, 4.69) is 20.4 Å². The third-order valence-electron chi connectivity index (χ3n) is 4.08. The average Bonchev–Trinajstić information content (AvgIpc) is 3.13. The van der Waals surface area contributed by atoms with E-state index < -0.39 is 12.1 Å². The summed E-state index contributed by atoms with van der Waals surface area (Å²) in [6.45, 7) is 10.5. The summed E-state index contributed by atoms with van der Waals surface area (Å²) in [7, 11) is 0. The zero-order valence-electron chi connectivity index (χ0n) is 14.6. The van der Waals surface area contributed by atoms with E-state index in [1.54, 1.807) is 50.2 Å². The second-order valence-corrected chi connectivity index (χ2v) is 6.81. The molecule has 138 valence electrons. The summed E-state index contributed by atoms with van der Waals surface area (Å²) in [6, 6.07) is 9.73. The Hall–Kier alpha value is -2.59. The lowest BCUT2D eigenvalue weighted by molar-refractivity contribution is 0.159. The van der Waals surface area contributed by atoms with Crippen LogP contribution in [-0.2, 0) is 0 Å². The highest BCUT2D eigenvalue weighted by Crippen LogP contribution is 2.35. The van der Waals surface area contributed by atoms with Crippen molar-refractivity contribution in [3.8, 4) is 11.5 Å². The summed E-state index contributed by atoms with van der Waals surface area (Å²) in [4.78, 5) is 3.38. The molecular formula is C19H16Cl2N4O2. The van der Waals surface area contributed by atoms with Crippen LogP contribution < -0.4 is 5.32 Å². The van der Waals surface area contributed by atoms with Gasteiger partial charge in [-0.1, -0.05) is 29.3 Å². The van der Waals surface area contributed by atoms with Crippen LogP contribution in [0.2, 0.25) is 10.0 Å². The second kappa shape index (κ2) is 7.97. The van der Waals surface area contributed by atoms with E-state index >= 15 is 0 Å². The summed E-state index contributed by atoms with van der Waals surface area (Å²) >= 11 is 12.1. The van der Waals surface area contributed by atoms with E-state index in [1.807, 2.05) is 0 Å². The number of aromatic nitrogens is 2. The molecular weight excluding hydrogens is 387 g/mol. The molecule has 2 aromatic carbocycles. The van der Waals surface area contributed by atoms with Crippen LogP contribution in [-0.4, -0.2) is 21.4 Å². The first-order valence-electron chi connectivity index (χ1n) is 8.11. The average molecular weight is 403 g/mol. The number of nitrogens with zero attached hydrogens (tertiary/aromatic N) is 3. The third-order valence-corrected chi connectivity index (χ3v) is 4.81. The van der Waals surface area contributed by atoms with Gasteiger partial charge in [0.2, 0.25) is 17.5 Å². The number of rotatable bonds is 5. The summed E-state index contributed by atoms with van der Waals surface area (Å²) < 4.78 is 5.75. The van der Waals surface area contributed by atoms with E-state index in [0.29, 0.717) is 32.9 Å².